The summed E-state index contributed by atoms with van der Waals surface area (Å²) in [6.45, 7) is 9.49. The van der Waals surface area contributed by atoms with Crippen molar-refractivity contribution in [2.75, 3.05) is 13.1 Å². The van der Waals surface area contributed by atoms with Crippen LogP contribution in [0.1, 0.15) is 213 Å². The number of nitrogens with zero attached hydrogens (tertiary/aromatic N) is 2. The summed E-state index contributed by atoms with van der Waals surface area (Å²) in [6.07, 6.45) is 48.5. The molecule has 1 unspecified atom stereocenters. The Morgan fingerprint density at radius 3 is 0.850 bits per heavy atom. The molecule has 40 heavy (non-hydrogen) atoms. The van der Waals surface area contributed by atoms with Crippen molar-refractivity contribution in [3.05, 3.63) is 12.4 Å². The number of rotatable bonds is 32. The van der Waals surface area contributed by atoms with E-state index in [0.717, 1.165) is 0 Å². The van der Waals surface area contributed by atoms with Gasteiger partial charge >= 0.3 is 0 Å². The van der Waals surface area contributed by atoms with E-state index in [1.54, 1.807) is 0 Å². The fraction of sp³-hybridized carbons (Fsp3) is 0.947. The lowest BCUT2D eigenvalue weighted by Crippen LogP contribution is -2.39. The number of unbranched alkanes of at least 4 members (excludes halogenated alkanes) is 26. The van der Waals surface area contributed by atoms with Crippen LogP contribution in [0.2, 0.25) is 0 Å². The Morgan fingerprint density at radius 2 is 0.575 bits per heavy atom. The highest BCUT2D eigenvalue weighted by Gasteiger charge is 2.24. The summed E-state index contributed by atoms with van der Waals surface area (Å²) < 4.78 is 0. The SMILES string of the molecule is CCCCCCCCCCCCCCCCCN1C=CN(CCCCCCCCCCCCCC)C1CCCC. The maximum Gasteiger partial charge on any atom is 0.101 e. The van der Waals surface area contributed by atoms with Gasteiger partial charge in [-0.15, -0.1) is 0 Å². The Morgan fingerprint density at radius 1 is 0.325 bits per heavy atom. The van der Waals surface area contributed by atoms with Crippen molar-refractivity contribution >= 4 is 0 Å². The predicted octanol–water partition coefficient (Wildman–Crippen LogP) is 13.2. The van der Waals surface area contributed by atoms with Crippen molar-refractivity contribution in [3.63, 3.8) is 0 Å². The van der Waals surface area contributed by atoms with Crippen molar-refractivity contribution < 1.29 is 0 Å². The van der Waals surface area contributed by atoms with Crippen LogP contribution in [0.3, 0.4) is 0 Å². The molecule has 0 aliphatic carbocycles. The molecule has 0 aromatic rings. The average Bonchev–Trinajstić information content (AvgIpc) is 3.35. The number of hydrogen-bond donors (Lipinski definition) is 0. The van der Waals surface area contributed by atoms with E-state index in [4.69, 9.17) is 0 Å². The average molecular weight is 561 g/mol. The lowest BCUT2D eigenvalue weighted by molar-refractivity contribution is 0.136. The van der Waals surface area contributed by atoms with Gasteiger partial charge in [0.25, 0.3) is 0 Å². The van der Waals surface area contributed by atoms with Crippen molar-refractivity contribution in [3.8, 4) is 0 Å². The zero-order chi connectivity index (χ0) is 28.8. The summed E-state index contributed by atoms with van der Waals surface area (Å²) in [5, 5.41) is 0. The number of hydrogen-bond acceptors (Lipinski definition) is 2. The normalized spacial score (nSPS) is 15.1. The summed E-state index contributed by atoms with van der Waals surface area (Å²) in [6, 6.07) is 0. The minimum absolute atomic E-state index is 0.638. The second kappa shape index (κ2) is 29.8. The third-order valence-corrected chi connectivity index (χ3v) is 9.32. The van der Waals surface area contributed by atoms with Gasteiger partial charge in [-0.25, -0.2) is 0 Å². The van der Waals surface area contributed by atoms with E-state index >= 15 is 0 Å². The van der Waals surface area contributed by atoms with Crippen molar-refractivity contribution in [2.45, 2.75) is 220 Å². The molecule has 0 saturated carbocycles. The van der Waals surface area contributed by atoms with Gasteiger partial charge in [-0.1, -0.05) is 188 Å². The van der Waals surface area contributed by atoms with E-state index in [0.29, 0.717) is 6.17 Å². The molecular weight excluding hydrogens is 484 g/mol. The molecule has 0 aromatic heterocycles. The predicted molar refractivity (Wildman–Crippen MR) is 182 cm³/mol. The maximum absolute atomic E-state index is 2.68. The van der Waals surface area contributed by atoms with E-state index in [1.165, 1.54) is 206 Å². The van der Waals surface area contributed by atoms with Crippen LogP contribution >= 0.6 is 0 Å². The second-order valence-electron chi connectivity index (χ2n) is 13.2. The molecule has 0 saturated heterocycles. The van der Waals surface area contributed by atoms with E-state index in [9.17, 15) is 0 Å². The first-order valence-corrected chi connectivity index (χ1v) is 19.0. The lowest BCUT2D eigenvalue weighted by atomic mass is 10.0. The third-order valence-electron chi connectivity index (χ3n) is 9.32. The van der Waals surface area contributed by atoms with Gasteiger partial charge in [0.15, 0.2) is 0 Å². The summed E-state index contributed by atoms with van der Waals surface area (Å²) in [7, 11) is 0. The van der Waals surface area contributed by atoms with Crippen LogP contribution in [0, 0.1) is 0 Å². The first-order valence-electron chi connectivity index (χ1n) is 19.0. The Hall–Kier alpha value is -0.660. The first kappa shape index (κ1) is 37.4. The molecule has 0 N–H and O–H groups in total. The van der Waals surface area contributed by atoms with Crippen molar-refractivity contribution in [2.24, 2.45) is 0 Å². The van der Waals surface area contributed by atoms with Crippen LogP contribution in [0.5, 0.6) is 0 Å². The molecule has 0 fully saturated rings. The molecule has 1 atom stereocenters. The van der Waals surface area contributed by atoms with Gasteiger partial charge < -0.3 is 9.80 Å². The quantitative estimate of drug-likeness (QED) is 0.0755. The highest BCUT2D eigenvalue weighted by Crippen LogP contribution is 2.23. The van der Waals surface area contributed by atoms with Gasteiger partial charge in [-0.2, -0.15) is 0 Å². The summed E-state index contributed by atoms with van der Waals surface area (Å²) in [5.74, 6) is 0. The van der Waals surface area contributed by atoms with Gasteiger partial charge in [-0.3, -0.25) is 0 Å². The Bertz CT molecular complexity index is 516. The molecular formula is C38H76N2. The zero-order valence-electron chi connectivity index (χ0n) is 28.3. The van der Waals surface area contributed by atoms with Gasteiger partial charge in [0, 0.05) is 25.5 Å². The van der Waals surface area contributed by atoms with Crippen molar-refractivity contribution in [1.82, 2.24) is 9.80 Å². The lowest BCUT2D eigenvalue weighted by Gasteiger charge is -2.33. The Kier molecular flexibility index (Phi) is 27.9. The highest BCUT2D eigenvalue weighted by molar-refractivity contribution is 4.96. The molecule has 1 aliphatic heterocycles. The van der Waals surface area contributed by atoms with E-state index in [1.807, 2.05) is 0 Å². The van der Waals surface area contributed by atoms with Gasteiger partial charge in [0.1, 0.15) is 6.17 Å². The minimum Gasteiger partial charge on any atom is -0.356 e. The smallest absolute Gasteiger partial charge is 0.101 e. The minimum atomic E-state index is 0.638. The molecule has 1 aliphatic rings. The molecule has 0 amide bonds. The zero-order valence-corrected chi connectivity index (χ0v) is 28.3. The summed E-state index contributed by atoms with van der Waals surface area (Å²) >= 11 is 0. The molecule has 1 rings (SSSR count). The second-order valence-corrected chi connectivity index (χ2v) is 13.2. The van der Waals surface area contributed by atoms with Crippen LogP contribution in [0.25, 0.3) is 0 Å². The van der Waals surface area contributed by atoms with Gasteiger partial charge in [0.2, 0.25) is 0 Å². The maximum atomic E-state index is 2.68. The van der Waals surface area contributed by atoms with E-state index in [-0.39, 0.29) is 0 Å². The largest absolute Gasteiger partial charge is 0.356 e. The molecule has 2 nitrogen and oxygen atoms in total. The van der Waals surface area contributed by atoms with Crippen LogP contribution in [-0.4, -0.2) is 29.1 Å². The monoisotopic (exact) mass is 561 g/mol. The van der Waals surface area contributed by atoms with Crippen LogP contribution in [0.15, 0.2) is 12.4 Å². The molecule has 0 spiro atoms. The summed E-state index contributed by atoms with van der Waals surface area (Å²) in [4.78, 5) is 5.36. The molecule has 2 heteroatoms. The fourth-order valence-electron chi connectivity index (χ4n) is 6.53. The standard InChI is InChI=1S/C38H76N2/c1-4-7-10-12-14-16-18-20-21-22-24-26-28-30-32-35-40-37-36-39(38(40)33-9-6-3)34-31-29-27-25-23-19-17-15-13-11-8-5-2/h36-38H,4-35H2,1-3H3. The Labute approximate surface area is 254 Å². The highest BCUT2D eigenvalue weighted by atomic mass is 15.4. The van der Waals surface area contributed by atoms with Gasteiger partial charge in [0.05, 0.1) is 0 Å². The van der Waals surface area contributed by atoms with E-state index in [2.05, 4.69) is 43.0 Å². The molecule has 0 aromatic carbocycles. The van der Waals surface area contributed by atoms with Crippen LogP contribution < -0.4 is 0 Å². The molecule has 0 radical (unpaired) electrons. The van der Waals surface area contributed by atoms with Crippen LogP contribution in [0.4, 0.5) is 0 Å². The van der Waals surface area contributed by atoms with Gasteiger partial charge in [-0.05, 0) is 25.7 Å². The third kappa shape index (κ3) is 22.0. The fourth-order valence-corrected chi connectivity index (χ4v) is 6.53. The van der Waals surface area contributed by atoms with Crippen molar-refractivity contribution in [1.29, 1.82) is 0 Å². The Balaban J connectivity index is 2.00. The molecule has 0 bridgehead atoms. The topological polar surface area (TPSA) is 6.48 Å². The molecule has 238 valence electrons. The van der Waals surface area contributed by atoms with Crippen LogP contribution in [-0.2, 0) is 0 Å². The van der Waals surface area contributed by atoms with E-state index < -0.39 is 0 Å². The first-order chi connectivity index (χ1) is 19.8. The summed E-state index contributed by atoms with van der Waals surface area (Å²) in [5.41, 5.74) is 0. The molecule has 1 heterocycles.